The first-order chi connectivity index (χ1) is 31.9. The Balaban J connectivity index is 0.946. The molecule has 0 bridgehead atoms. The maximum absolute atomic E-state index is 14.6. The van der Waals surface area contributed by atoms with Crippen LogP contribution >= 0.6 is 0 Å². The van der Waals surface area contributed by atoms with Gasteiger partial charge >= 0.3 is 11.6 Å². The fourth-order valence-electron chi connectivity index (χ4n) is 7.96. The maximum Gasteiger partial charge on any atom is 0.350 e. The van der Waals surface area contributed by atoms with E-state index in [4.69, 9.17) is 9.47 Å². The van der Waals surface area contributed by atoms with E-state index in [0.29, 0.717) is 65.4 Å². The number of hydrogen-bond acceptors (Lipinski definition) is 16. The molecule has 67 heavy (non-hydrogen) atoms. The van der Waals surface area contributed by atoms with Gasteiger partial charge in [0.1, 0.15) is 41.0 Å². The largest absolute Gasteiger partial charge is 0.508 e. The Morgan fingerprint density at radius 1 is 0.970 bits per heavy atom. The van der Waals surface area contributed by atoms with Gasteiger partial charge in [-0.1, -0.05) is 27.7 Å². The average molecular weight is 931 g/mol. The summed E-state index contributed by atoms with van der Waals surface area (Å²) in [6.45, 7) is 9.62. The number of Topliss-reactive ketones (excluding diaryl/α,β-unsaturated/α-hetero) is 1. The number of phenolic OH excluding ortho intramolecular Hbond substituents is 2. The molecule has 0 radical (unpaired) electrons. The highest BCUT2D eigenvalue weighted by Gasteiger charge is 2.59. The van der Waals surface area contributed by atoms with E-state index in [0.717, 1.165) is 6.20 Å². The number of piperidine rings is 1. The van der Waals surface area contributed by atoms with E-state index in [2.05, 4.69) is 35.8 Å². The van der Waals surface area contributed by atoms with Crippen LogP contribution in [0, 0.1) is 5.92 Å². The van der Waals surface area contributed by atoms with Crippen LogP contribution in [0.15, 0.2) is 65.8 Å². The van der Waals surface area contributed by atoms with E-state index in [-0.39, 0.29) is 46.6 Å². The molecule has 5 heterocycles. The molecule has 7 rings (SSSR count). The van der Waals surface area contributed by atoms with Crippen molar-refractivity contribution < 1.29 is 53.1 Å². The molecular weight excluding hydrogens is 879 g/mol. The number of carbonyl (C=O) groups excluding carboxylic acids is 3. The van der Waals surface area contributed by atoms with Crippen molar-refractivity contribution in [3.63, 3.8) is 0 Å². The highest BCUT2D eigenvalue weighted by atomic mass is 19.3. The van der Waals surface area contributed by atoms with Crippen LogP contribution in [0.5, 0.6) is 17.2 Å². The molecule has 0 aliphatic carbocycles. The lowest BCUT2D eigenvalue weighted by molar-refractivity contribution is -0.141. The summed E-state index contributed by atoms with van der Waals surface area (Å²) in [5.41, 5.74) is 0.185. The van der Waals surface area contributed by atoms with E-state index >= 15 is 0 Å². The van der Waals surface area contributed by atoms with Crippen molar-refractivity contribution in [1.82, 2.24) is 44.9 Å². The molecule has 2 aliphatic rings. The van der Waals surface area contributed by atoms with Gasteiger partial charge in [-0.05, 0) is 60.7 Å². The van der Waals surface area contributed by atoms with Crippen molar-refractivity contribution in [2.24, 2.45) is 5.92 Å². The van der Waals surface area contributed by atoms with Gasteiger partial charge in [0, 0.05) is 50.4 Å². The van der Waals surface area contributed by atoms with Crippen molar-refractivity contribution in [2.75, 3.05) is 31.1 Å². The number of aromatic nitrogens is 7. The molecule has 0 saturated carbocycles. The molecule has 2 saturated heterocycles. The lowest BCUT2D eigenvalue weighted by Crippen LogP contribution is -2.45. The number of hydrogen-bond donors (Lipinski definition) is 6. The van der Waals surface area contributed by atoms with Crippen LogP contribution in [0.4, 0.5) is 14.6 Å². The Hall–Kier alpha value is -6.91. The molecule has 20 nitrogen and oxygen atoms in total. The first kappa shape index (κ1) is 48.0. The number of nitrogens with zero attached hydrogens (tertiary/aromatic N) is 8. The highest BCUT2D eigenvalue weighted by molar-refractivity contribution is 5.97. The molecule has 356 valence electrons. The monoisotopic (exact) mass is 930 g/mol. The minimum atomic E-state index is -3.90. The minimum Gasteiger partial charge on any atom is -0.508 e. The number of aromatic hydroxyl groups is 2. The predicted molar refractivity (Wildman–Crippen MR) is 235 cm³/mol. The van der Waals surface area contributed by atoms with Crippen LogP contribution in [0.1, 0.15) is 92.0 Å². The van der Waals surface area contributed by atoms with Crippen molar-refractivity contribution in [1.29, 1.82) is 0 Å². The Morgan fingerprint density at radius 3 is 2.28 bits per heavy atom. The molecule has 2 aliphatic heterocycles. The van der Waals surface area contributed by atoms with Gasteiger partial charge in [0.2, 0.25) is 12.1 Å². The Kier molecular flexibility index (Phi) is 14.3. The smallest absolute Gasteiger partial charge is 0.350 e. The molecule has 2 amide bonds. The van der Waals surface area contributed by atoms with Crippen molar-refractivity contribution in [2.45, 2.75) is 96.3 Å². The molecule has 3 aromatic heterocycles. The first-order valence-corrected chi connectivity index (χ1v) is 21.8. The van der Waals surface area contributed by atoms with Crippen LogP contribution in [-0.4, -0.2) is 129 Å². The number of ether oxygens (including phenoxy) is 2. The molecule has 4 atom stereocenters. The number of carbonyl (C=O) groups is 3. The SMILES string of the molecule is CCNC(=O)c1nnc(-c2cc(C(C)C)c(O)cc2O)n1-c1ccc(OC2CCN(c3cnc(C(=O)N[C@H](C(=O)Cc4ccn([C@@H]5OC(CO)[C@@H](O)C5(F)F)c(=O)n4)C(C)C)cn3)CC2)cc1. The van der Waals surface area contributed by atoms with Gasteiger partial charge in [-0.25, -0.2) is 14.8 Å². The number of nitrogens with one attached hydrogen (secondary N) is 2. The normalized spacial score (nSPS) is 18.9. The van der Waals surface area contributed by atoms with Crippen LogP contribution in [0.2, 0.25) is 0 Å². The third-order valence-electron chi connectivity index (χ3n) is 11.6. The third kappa shape index (κ3) is 10.1. The molecule has 5 aromatic rings. The van der Waals surface area contributed by atoms with Gasteiger partial charge in [0.25, 0.3) is 11.8 Å². The zero-order chi connectivity index (χ0) is 48.3. The third-order valence-corrected chi connectivity index (χ3v) is 11.6. The number of halogens is 2. The first-order valence-electron chi connectivity index (χ1n) is 21.8. The van der Waals surface area contributed by atoms with Crippen LogP contribution < -0.4 is 26.0 Å². The predicted octanol–water partition coefficient (Wildman–Crippen LogP) is 3.07. The maximum atomic E-state index is 14.6. The van der Waals surface area contributed by atoms with E-state index in [1.165, 1.54) is 24.5 Å². The number of alkyl halides is 2. The average Bonchev–Trinajstić information content (AvgIpc) is 3.83. The van der Waals surface area contributed by atoms with Crippen molar-refractivity contribution in [3.05, 3.63) is 94.3 Å². The summed E-state index contributed by atoms with van der Waals surface area (Å²) >= 11 is 0. The van der Waals surface area contributed by atoms with E-state index < -0.39 is 72.6 Å². The number of aliphatic hydroxyl groups excluding tert-OH is 2. The number of phenols is 2. The summed E-state index contributed by atoms with van der Waals surface area (Å²) < 4.78 is 42.6. The van der Waals surface area contributed by atoms with Crippen molar-refractivity contribution in [3.8, 4) is 34.3 Å². The fourth-order valence-corrected chi connectivity index (χ4v) is 7.96. The minimum absolute atomic E-state index is 0.00888. The number of aliphatic hydroxyl groups is 2. The number of ketones is 1. The molecule has 6 N–H and O–H groups in total. The quantitative estimate of drug-likeness (QED) is 0.0830. The summed E-state index contributed by atoms with van der Waals surface area (Å²) in [6, 6.07) is 10.1. The second-order valence-electron chi connectivity index (χ2n) is 17.0. The number of rotatable bonds is 16. The van der Waals surface area contributed by atoms with E-state index in [1.54, 1.807) is 55.7 Å². The standard InChI is InChI=1S/C45H52F2N10O10/c1-6-48-42(64)40-54-53-39(30-18-29(23(2)3)32(59)19-33(30)60)57(40)26-7-9-27(10-8-26)66-28-12-14-55(15-13-28)36-21-49-31(20-50-36)41(63)52-37(24(4)5)34(61)17-25-11-16-56(44(65)51-25)43-45(46,47)38(62)35(22-58)67-43/h7-11,16,18-21,23-24,28,35,37-38,43,58-60,62H,6,12-15,17,22H2,1-5H3,(H,48,64)(H,52,63)/t35?,37-,38+,43+/m0/s1. The Morgan fingerprint density at radius 2 is 1.69 bits per heavy atom. The van der Waals surface area contributed by atoms with Gasteiger partial charge < -0.3 is 45.4 Å². The summed E-state index contributed by atoms with van der Waals surface area (Å²) in [7, 11) is 0. The lowest BCUT2D eigenvalue weighted by atomic mass is 9.96. The van der Waals surface area contributed by atoms with Gasteiger partial charge in [-0.3, -0.25) is 23.5 Å². The van der Waals surface area contributed by atoms with Crippen LogP contribution in [0.3, 0.4) is 0 Å². The van der Waals surface area contributed by atoms with Crippen molar-refractivity contribution >= 4 is 23.4 Å². The van der Waals surface area contributed by atoms with Gasteiger partial charge in [0.15, 0.2) is 17.7 Å². The molecule has 1 unspecified atom stereocenters. The number of amides is 2. The fraction of sp³-hybridized carbons (Fsp3) is 0.444. The zero-order valence-electron chi connectivity index (χ0n) is 37.3. The van der Waals surface area contributed by atoms with Gasteiger partial charge in [0.05, 0.1) is 42.7 Å². The molecule has 0 spiro atoms. The summed E-state index contributed by atoms with van der Waals surface area (Å²) in [5.74, 6) is -4.92. The highest BCUT2D eigenvalue weighted by Crippen LogP contribution is 2.42. The Bertz CT molecular complexity index is 2650. The second-order valence-corrected chi connectivity index (χ2v) is 17.0. The second kappa shape index (κ2) is 19.9. The molecule has 2 fully saturated rings. The number of benzene rings is 2. The van der Waals surface area contributed by atoms with Crippen LogP contribution in [0.25, 0.3) is 17.1 Å². The molecular formula is C45H52F2N10O10. The Labute approximate surface area is 382 Å². The summed E-state index contributed by atoms with van der Waals surface area (Å²) in [6.07, 6.45) is -1.70. The summed E-state index contributed by atoms with van der Waals surface area (Å²) in [5, 5.41) is 54.2. The van der Waals surface area contributed by atoms with Gasteiger partial charge in [-0.2, -0.15) is 13.8 Å². The molecule has 22 heteroatoms. The molecule has 2 aromatic carbocycles. The summed E-state index contributed by atoms with van der Waals surface area (Å²) in [4.78, 5) is 67.0. The lowest BCUT2D eigenvalue weighted by Gasteiger charge is -2.32. The van der Waals surface area contributed by atoms with E-state index in [1.807, 2.05) is 18.7 Å². The topological polar surface area (TPSA) is 269 Å². The van der Waals surface area contributed by atoms with Crippen LogP contribution in [-0.2, 0) is 16.0 Å². The van der Waals surface area contributed by atoms with Gasteiger partial charge in [-0.15, -0.1) is 10.2 Å². The van der Waals surface area contributed by atoms with E-state index in [9.17, 15) is 48.4 Å². The number of anilines is 1. The zero-order valence-corrected chi connectivity index (χ0v) is 37.3.